The smallest absolute Gasteiger partial charge is 0.245 e. The third-order valence-corrected chi connectivity index (χ3v) is 7.86. The number of amides is 1. The Bertz CT molecular complexity index is 1020. The van der Waals surface area contributed by atoms with Gasteiger partial charge in [-0.2, -0.15) is 4.31 Å². The predicted octanol–water partition coefficient (Wildman–Crippen LogP) is 3.47. The van der Waals surface area contributed by atoms with Crippen molar-refractivity contribution in [1.29, 1.82) is 0 Å². The molecule has 1 fully saturated rings. The second-order valence-electron chi connectivity index (χ2n) is 8.30. The van der Waals surface area contributed by atoms with Gasteiger partial charge in [-0.3, -0.25) is 4.79 Å². The minimum absolute atomic E-state index is 0.0183. The molecule has 0 radical (unpaired) electrons. The first-order valence-corrected chi connectivity index (χ1v) is 12.4. The number of sulfonamides is 1. The lowest BCUT2D eigenvalue weighted by molar-refractivity contribution is -0.137. The van der Waals surface area contributed by atoms with Crippen LogP contribution >= 0.6 is 11.6 Å². The van der Waals surface area contributed by atoms with E-state index >= 15 is 0 Å². The molecule has 0 unspecified atom stereocenters. The molecule has 0 saturated carbocycles. The van der Waals surface area contributed by atoms with Crippen LogP contribution in [0.1, 0.15) is 18.4 Å². The van der Waals surface area contributed by atoms with Crippen LogP contribution in [0.4, 0.5) is 4.39 Å². The van der Waals surface area contributed by atoms with Crippen LogP contribution in [-0.2, 0) is 21.4 Å². The van der Waals surface area contributed by atoms with Crippen LogP contribution in [-0.4, -0.2) is 68.7 Å². The molecule has 1 saturated heterocycles. The highest BCUT2D eigenvalue weighted by Crippen LogP contribution is 2.27. The first-order valence-electron chi connectivity index (χ1n) is 10.6. The van der Waals surface area contributed by atoms with E-state index in [0.717, 1.165) is 18.2 Å². The topological polar surface area (TPSA) is 60.9 Å². The van der Waals surface area contributed by atoms with E-state index in [0.29, 0.717) is 31.0 Å². The number of piperidine rings is 1. The monoisotopic (exact) mass is 481 g/mol. The molecular formula is C23H29ClFN3O3S. The minimum Gasteiger partial charge on any atom is -0.337 e. The van der Waals surface area contributed by atoms with Crippen molar-refractivity contribution in [3.05, 3.63) is 64.9 Å². The standard InChI is InChI=1S/C23H29ClFN3O3S/c1-26(2)15-16-27(17-18-7-9-20(24)10-8-18)23(29)19-11-13-28(14-12-19)32(30,31)22-6-4-3-5-21(22)25/h3-10,19H,11-17H2,1-2H3. The Balaban J connectivity index is 1.68. The van der Waals surface area contributed by atoms with Gasteiger partial charge in [0, 0.05) is 43.7 Å². The Morgan fingerprint density at radius 1 is 1.06 bits per heavy atom. The summed E-state index contributed by atoms with van der Waals surface area (Å²) < 4.78 is 41.0. The fraction of sp³-hybridized carbons (Fsp3) is 0.435. The van der Waals surface area contributed by atoms with Crippen LogP contribution in [0.25, 0.3) is 0 Å². The van der Waals surface area contributed by atoms with E-state index in [-0.39, 0.29) is 29.8 Å². The molecule has 6 nitrogen and oxygen atoms in total. The summed E-state index contributed by atoms with van der Waals surface area (Å²) in [4.78, 5) is 16.8. The van der Waals surface area contributed by atoms with Gasteiger partial charge >= 0.3 is 0 Å². The molecule has 1 aliphatic rings. The van der Waals surface area contributed by atoms with Gasteiger partial charge in [-0.05, 0) is 56.8 Å². The van der Waals surface area contributed by atoms with Crippen molar-refractivity contribution < 1.29 is 17.6 Å². The maximum Gasteiger partial charge on any atom is 0.245 e. The summed E-state index contributed by atoms with van der Waals surface area (Å²) in [6.07, 6.45) is 0.817. The van der Waals surface area contributed by atoms with Gasteiger partial charge < -0.3 is 9.80 Å². The molecule has 3 rings (SSSR count). The Labute approximate surface area is 194 Å². The quantitative estimate of drug-likeness (QED) is 0.579. The van der Waals surface area contributed by atoms with Gasteiger partial charge in [-0.15, -0.1) is 0 Å². The van der Waals surface area contributed by atoms with E-state index in [9.17, 15) is 17.6 Å². The van der Waals surface area contributed by atoms with Gasteiger partial charge in [-0.1, -0.05) is 35.9 Å². The summed E-state index contributed by atoms with van der Waals surface area (Å²) in [6.45, 7) is 2.14. The summed E-state index contributed by atoms with van der Waals surface area (Å²) in [5, 5.41) is 0.642. The Hall–Kier alpha value is -2.00. The van der Waals surface area contributed by atoms with Gasteiger partial charge in [0.2, 0.25) is 15.9 Å². The van der Waals surface area contributed by atoms with Crippen LogP contribution in [0, 0.1) is 11.7 Å². The number of halogens is 2. The molecule has 0 aromatic heterocycles. The SMILES string of the molecule is CN(C)CCN(Cc1ccc(Cl)cc1)C(=O)C1CCN(S(=O)(=O)c2ccccc2F)CC1. The van der Waals surface area contributed by atoms with Crippen LogP contribution < -0.4 is 0 Å². The maximum absolute atomic E-state index is 14.1. The van der Waals surface area contributed by atoms with Crippen LogP contribution in [0.3, 0.4) is 0 Å². The first kappa shape index (κ1) is 24.6. The van der Waals surface area contributed by atoms with Gasteiger partial charge in [-0.25, -0.2) is 12.8 Å². The number of nitrogens with zero attached hydrogens (tertiary/aromatic N) is 3. The largest absolute Gasteiger partial charge is 0.337 e. The molecule has 0 aliphatic carbocycles. The van der Waals surface area contributed by atoms with Crippen molar-refractivity contribution in [2.75, 3.05) is 40.3 Å². The second-order valence-corrected chi connectivity index (χ2v) is 10.6. The fourth-order valence-corrected chi connectivity index (χ4v) is 5.45. The summed E-state index contributed by atoms with van der Waals surface area (Å²) in [6, 6.07) is 12.8. The van der Waals surface area contributed by atoms with Crippen LogP contribution in [0.15, 0.2) is 53.4 Å². The molecule has 9 heteroatoms. The molecule has 32 heavy (non-hydrogen) atoms. The van der Waals surface area contributed by atoms with E-state index < -0.39 is 15.8 Å². The molecule has 1 amide bonds. The zero-order chi connectivity index (χ0) is 23.3. The van der Waals surface area contributed by atoms with Crippen LogP contribution in [0.2, 0.25) is 5.02 Å². The van der Waals surface area contributed by atoms with Crippen molar-refractivity contribution >= 4 is 27.5 Å². The highest BCUT2D eigenvalue weighted by atomic mass is 35.5. The van der Waals surface area contributed by atoms with Gasteiger partial charge in [0.25, 0.3) is 0 Å². The molecule has 0 N–H and O–H groups in total. The molecule has 0 atom stereocenters. The van der Waals surface area contributed by atoms with Crippen molar-refractivity contribution in [3.8, 4) is 0 Å². The maximum atomic E-state index is 14.1. The normalized spacial score (nSPS) is 15.8. The lowest BCUT2D eigenvalue weighted by atomic mass is 9.96. The minimum atomic E-state index is -3.92. The zero-order valence-electron chi connectivity index (χ0n) is 18.4. The lowest BCUT2D eigenvalue weighted by Crippen LogP contribution is -2.45. The van der Waals surface area contributed by atoms with Gasteiger partial charge in [0.15, 0.2) is 0 Å². The summed E-state index contributed by atoms with van der Waals surface area (Å²) in [5.74, 6) is -1.01. The number of hydrogen-bond acceptors (Lipinski definition) is 4. The van der Waals surface area contributed by atoms with Gasteiger partial charge in [0.05, 0.1) is 0 Å². The number of likely N-dealkylation sites (N-methyl/N-ethyl adjacent to an activating group) is 1. The molecule has 0 bridgehead atoms. The van der Waals surface area contributed by atoms with Crippen molar-refractivity contribution in [1.82, 2.24) is 14.1 Å². The average molecular weight is 482 g/mol. The predicted molar refractivity (Wildman–Crippen MR) is 123 cm³/mol. The average Bonchev–Trinajstić information content (AvgIpc) is 2.77. The second kappa shape index (κ2) is 10.7. The molecule has 1 aliphatic heterocycles. The first-order chi connectivity index (χ1) is 15.2. The Morgan fingerprint density at radius 3 is 2.28 bits per heavy atom. The third kappa shape index (κ3) is 6.07. The highest BCUT2D eigenvalue weighted by Gasteiger charge is 2.34. The zero-order valence-corrected chi connectivity index (χ0v) is 19.9. The Kier molecular flexibility index (Phi) is 8.27. The van der Waals surface area contributed by atoms with Crippen molar-refractivity contribution in [2.45, 2.75) is 24.3 Å². The van der Waals surface area contributed by atoms with E-state index in [1.807, 2.05) is 36.0 Å². The molecule has 0 spiro atoms. The van der Waals surface area contributed by atoms with Crippen molar-refractivity contribution in [3.63, 3.8) is 0 Å². The third-order valence-electron chi connectivity index (χ3n) is 5.67. The Morgan fingerprint density at radius 2 is 1.69 bits per heavy atom. The van der Waals surface area contributed by atoms with E-state index in [1.54, 1.807) is 12.1 Å². The summed E-state index contributed by atoms with van der Waals surface area (Å²) >= 11 is 5.98. The fourth-order valence-electron chi connectivity index (χ4n) is 3.79. The molecule has 174 valence electrons. The van der Waals surface area contributed by atoms with E-state index in [4.69, 9.17) is 11.6 Å². The van der Waals surface area contributed by atoms with Crippen molar-refractivity contribution in [2.24, 2.45) is 5.92 Å². The highest BCUT2D eigenvalue weighted by molar-refractivity contribution is 7.89. The molecule has 1 heterocycles. The van der Waals surface area contributed by atoms with Crippen LogP contribution in [0.5, 0.6) is 0 Å². The molecular weight excluding hydrogens is 453 g/mol. The number of carbonyl (C=O) groups excluding carboxylic acids is 1. The number of hydrogen-bond donors (Lipinski definition) is 0. The molecule has 2 aromatic carbocycles. The van der Waals surface area contributed by atoms with E-state index in [2.05, 4.69) is 0 Å². The van der Waals surface area contributed by atoms with E-state index in [1.165, 1.54) is 22.5 Å². The number of carbonyl (C=O) groups is 1. The lowest BCUT2D eigenvalue weighted by Gasteiger charge is -2.34. The number of benzene rings is 2. The van der Waals surface area contributed by atoms with Gasteiger partial charge in [0.1, 0.15) is 10.7 Å². The summed E-state index contributed by atoms with van der Waals surface area (Å²) in [5.41, 5.74) is 0.987. The number of rotatable bonds is 8. The summed E-state index contributed by atoms with van der Waals surface area (Å²) in [7, 11) is -0.0112. The molecule has 2 aromatic rings.